The minimum atomic E-state index is -0.598. The first-order valence-corrected chi connectivity index (χ1v) is 13.1. The van der Waals surface area contributed by atoms with Gasteiger partial charge in [-0.25, -0.2) is 8.78 Å². The molecule has 6 rings (SSSR count). The highest BCUT2D eigenvalue weighted by atomic mass is 19.1. The van der Waals surface area contributed by atoms with E-state index < -0.39 is 11.6 Å². The molecule has 1 N–H and O–H groups in total. The van der Waals surface area contributed by atoms with Crippen LogP contribution in [0.2, 0.25) is 0 Å². The number of anilines is 2. The summed E-state index contributed by atoms with van der Waals surface area (Å²) in [7, 11) is 0. The number of fused-ring (bicyclic) bond motifs is 1. The van der Waals surface area contributed by atoms with Gasteiger partial charge in [-0.15, -0.1) is 0 Å². The summed E-state index contributed by atoms with van der Waals surface area (Å²) >= 11 is 0. The predicted octanol–water partition coefficient (Wildman–Crippen LogP) is 5.20. The first-order valence-electron chi connectivity index (χ1n) is 13.1. The third-order valence-corrected chi connectivity index (χ3v) is 7.54. The van der Waals surface area contributed by atoms with Gasteiger partial charge in [0.15, 0.2) is 11.6 Å². The summed E-state index contributed by atoms with van der Waals surface area (Å²) in [4.78, 5) is 18.3. The van der Waals surface area contributed by atoms with E-state index in [1.165, 1.54) is 18.4 Å². The van der Waals surface area contributed by atoms with E-state index in [4.69, 9.17) is 4.74 Å². The lowest BCUT2D eigenvalue weighted by atomic mass is 10.1. The van der Waals surface area contributed by atoms with E-state index in [-0.39, 0.29) is 17.3 Å². The summed E-state index contributed by atoms with van der Waals surface area (Å²) in [5.41, 5.74) is 2.85. The molecule has 1 aromatic heterocycles. The lowest BCUT2D eigenvalue weighted by Crippen LogP contribution is -2.49. The fourth-order valence-corrected chi connectivity index (χ4v) is 5.24. The molecule has 2 fully saturated rings. The number of allylic oxidation sites excluding steroid dienone is 1. The molecule has 1 aromatic carbocycles. The van der Waals surface area contributed by atoms with Gasteiger partial charge in [-0.3, -0.25) is 9.89 Å². The number of hydrogen-bond acceptors (Lipinski definition) is 7. The summed E-state index contributed by atoms with van der Waals surface area (Å²) in [6.07, 6.45) is 6.61. The van der Waals surface area contributed by atoms with E-state index in [9.17, 15) is 4.39 Å². The second-order valence-corrected chi connectivity index (χ2v) is 10.7. The first kappa shape index (κ1) is 24.0. The van der Waals surface area contributed by atoms with Crippen LogP contribution in [0.3, 0.4) is 0 Å². The van der Waals surface area contributed by atoms with Crippen molar-refractivity contribution in [3.63, 3.8) is 0 Å². The van der Waals surface area contributed by atoms with Crippen LogP contribution in [0, 0.1) is 17.6 Å². The van der Waals surface area contributed by atoms with E-state index >= 15 is 4.39 Å². The molecule has 37 heavy (non-hydrogen) atoms. The van der Waals surface area contributed by atoms with Crippen LogP contribution in [0.25, 0.3) is 6.08 Å². The lowest BCUT2D eigenvalue weighted by molar-refractivity contribution is 0.209. The minimum Gasteiger partial charge on any atom is -0.421 e. The molecular formula is C28H32F2N6O. The van der Waals surface area contributed by atoms with Gasteiger partial charge in [0.2, 0.25) is 0 Å². The number of nitrogens with zero attached hydrogens (tertiary/aromatic N) is 5. The summed E-state index contributed by atoms with van der Waals surface area (Å²) in [5.74, 6) is 1.28. The molecule has 2 aliphatic heterocycles. The Balaban J connectivity index is 1.30. The smallest absolute Gasteiger partial charge is 0.326 e. The number of ether oxygens (including phenoxy) is 1. The van der Waals surface area contributed by atoms with E-state index in [0.29, 0.717) is 42.1 Å². The molecule has 1 saturated carbocycles. The second-order valence-electron chi connectivity index (χ2n) is 10.7. The van der Waals surface area contributed by atoms with Gasteiger partial charge >= 0.3 is 6.01 Å². The average Bonchev–Trinajstić information content (AvgIpc) is 3.49. The zero-order chi connectivity index (χ0) is 25.7. The number of piperazine rings is 1. The van der Waals surface area contributed by atoms with Crippen LogP contribution in [-0.4, -0.2) is 59.5 Å². The van der Waals surface area contributed by atoms with Gasteiger partial charge in [0.05, 0.1) is 6.54 Å². The molecule has 2 aromatic rings. The Bertz CT molecular complexity index is 1320. The van der Waals surface area contributed by atoms with Crippen molar-refractivity contribution < 1.29 is 13.5 Å². The standard InChI is InChI=1S/C28H32F2N6O/c1-16(2)35-6-8-36(9-7-35)26-14-25(32-24-12-19(15-31-24)18-4-5-18)33-28(34-26)37-23-13-22(29)20-10-17(3)11-21(20)27(23)30/h11-14,16,18H,4-10,15H2,1-3H3,(H,31,32,33,34). The third-order valence-electron chi connectivity index (χ3n) is 7.54. The van der Waals surface area contributed by atoms with Crippen molar-refractivity contribution in [2.45, 2.75) is 46.1 Å². The van der Waals surface area contributed by atoms with Crippen molar-refractivity contribution in [2.24, 2.45) is 10.9 Å². The number of aliphatic imine (C=N–C) groups is 1. The highest BCUT2D eigenvalue weighted by Gasteiger charge is 2.29. The normalized spacial score (nSPS) is 19.6. The molecule has 7 nitrogen and oxygen atoms in total. The predicted molar refractivity (Wildman–Crippen MR) is 141 cm³/mol. The molecule has 0 spiro atoms. The first-order chi connectivity index (χ1) is 17.8. The molecule has 0 amide bonds. The van der Waals surface area contributed by atoms with Crippen molar-refractivity contribution in [1.82, 2.24) is 14.9 Å². The highest BCUT2D eigenvalue weighted by molar-refractivity contribution is 6.05. The summed E-state index contributed by atoms with van der Waals surface area (Å²) in [6, 6.07) is 3.41. The Morgan fingerprint density at radius 2 is 1.84 bits per heavy atom. The van der Waals surface area contributed by atoms with Gasteiger partial charge in [0.1, 0.15) is 23.3 Å². The Labute approximate surface area is 216 Å². The Morgan fingerprint density at radius 3 is 2.57 bits per heavy atom. The zero-order valence-electron chi connectivity index (χ0n) is 21.5. The molecule has 0 radical (unpaired) electrons. The van der Waals surface area contributed by atoms with Crippen molar-refractivity contribution in [1.29, 1.82) is 0 Å². The Kier molecular flexibility index (Phi) is 6.18. The number of nitrogens with one attached hydrogen (secondary N) is 1. The number of rotatable bonds is 6. The molecule has 1 saturated heterocycles. The quantitative estimate of drug-likeness (QED) is 0.581. The molecule has 0 atom stereocenters. The van der Waals surface area contributed by atoms with Crippen LogP contribution >= 0.6 is 0 Å². The van der Waals surface area contributed by atoms with Crippen LogP contribution < -0.4 is 15.0 Å². The molecule has 4 aliphatic rings. The van der Waals surface area contributed by atoms with Crippen molar-refractivity contribution in [2.75, 3.05) is 42.9 Å². The molecule has 3 heterocycles. The van der Waals surface area contributed by atoms with Gasteiger partial charge in [-0.2, -0.15) is 9.97 Å². The maximum atomic E-state index is 15.3. The fraction of sp³-hybridized carbons (Fsp3) is 0.464. The number of hydrogen-bond donors (Lipinski definition) is 1. The van der Waals surface area contributed by atoms with Crippen LogP contribution in [0.1, 0.15) is 44.7 Å². The summed E-state index contributed by atoms with van der Waals surface area (Å²) in [6.45, 7) is 10.4. The Hall–Kier alpha value is -3.33. The van der Waals surface area contributed by atoms with Gasteiger partial charge in [0, 0.05) is 55.5 Å². The average molecular weight is 507 g/mol. The van der Waals surface area contributed by atoms with Crippen molar-refractivity contribution in [3.05, 3.63) is 52.1 Å². The minimum absolute atomic E-state index is 0.0340. The molecule has 2 aliphatic carbocycles. The monoisotopic (exact) mass is 506 g/mol. The van der Waals surface area contributed by atoms with E-state index in [1.807, 2.05) is 13.0 Å². The van der Waals surface area contributed by atoms with Crippen LogP contribution in [0.4, 0.5) is 20.4 Å². The molecule has 0 unspecified atom stereocenters. The number of halogens is 2. The Morgan fingerprint density at radius 1 is 1.05 bits per heavy atom. The SMILES string of the molecule is CC1=Cc2c(F)c(Oc3nc(NC4=NCC(C5CC5)=C4)cc(N4CCN(C(C)C)CC4)n3)cc(F)c2C1. The van der Waals surface area contributed by atoms with Crippen LogP contribution in [0.15, 0.2) is 34.3 Å². The molecule has 9 heteroatoms. The van der Waals surface area contributed by atoms with Gasteiger partial charge in [-0.1, -0.05) is 11.6 Å². The number of benzene rings is 1. The number of aromatic nitrogens is 2. The summed E-state index contributed by atoms with van der Waals surface area (Å²) in [5, 5.41) is 3.29. The fourth-order valence-electron chi connectivity index (χ4n) is 5.24. The largest absolute Gasteiger partial charge is 0.421 e. The van der Waals surface area contributed by atoms with Gasteiger partial charge in [-0.05, 0) is 57.6 Å². The van der Waals surface area contributed by atoms with Crippen LogP contribution in [0.5, 0.6) is 11.8 Å². The molecular weight excluding hydrogens is 474 g/mol. The van der Waals surface area contributed by atoms with Gasteiger partial charge < -0.3 is 15.0 Å². The van der Waals surface area contributed by atoms with E-state index in [2.05, 4.69) is 50.0 Å². The van der Waals surface area contributed by atoms with E-state index in [0.717, 1.165) is 43.7 Å². The lowest BCUT2D eigenvalue weighted by Gasteiger charge is -2.37. The maximum Gasteiger partial charge on any atom is 0.326 e. The zero-order valence-corrected chi connectivity index (χ0v) is 21.5. The summed E-state index contributed by atoms with van der Waals surface area (Å²) < 4.78 is 35.9. The topological polar surface area (TPSA) is 65.9 Å². The third kappa shape index (κ3) is 4.97. The second kappa shape index (κ2) is 9.52. The molecule has 194 valence electrons. The van der Waals surface area contributed by atoms with Crippen molar-refractivity contribution in [3.8, 4) is 11.8 Å². The van der Waals surface area contributed by atoms with E-state index in [1.54, 1.807) is 6.08 Å². The van der Waals surface area contributed by atoms with Crippen molar-refractivity contribution >= 4 is 23.5 Å². The number of amidine groups is 1. The van der Waals surface area contributed by atoms with Gasteiger partial charge in [0.25, 0.3) is 0 Å². The maximum absolute atomic E-state index is 15.3. The van der Waals surface area contributed by atoms with Crippen LogP contribution in [-0.2, 0) is 6.42 Å². The highest BCUT2D eigenvalue weighted by Crippen LogP contribution is 2.38. The molecule has 0 bridgehead atoms.